The van der Waals surface area contributed by atoms with E-state index in [0.717, 1.165) is 16.9 Å². The molecule has 0 unspecified atom stereocenters. The lowest BCUT2D eigenvalue weighted by Gasteiger charge is -2.20. The van der Waals surface area contributed by atoms with Gasteiger partial charge in [0.15, 0.2) is 5.78 Å². The van der Waals surface area contributed by atoms with Crippen LogP contribution in [0.5, 0.6) is 0 Å². The molecular formula is C23H19NO. The van der Waals surface area contributed by atoms with Gasteiger partial charge in [0.1, 0.15) is 0 Å². The summed E-state index contributed by atoms with van der Waals surface area (Å²) in [5.41, 5.74) is 3.02. The predicted octanol–water partition coefficient (Wildman–Crippen LogP) is 5.62. The van der Waals surface area contributed by atoms with Crippen LogP contribution >= 0.6 is 0 Å². The van der Waals surface area contributed by atoms with Crippen LogP contribution in [0.1, 0.15) is 5.56 Å². The van der Waals surface area contributed by atoms with Gasteiger partial charge in [-0.1, -0.05) is 72.8 Å². The maximum atomic E-state index is 12.2. The third kappa shape index (κ3) is 4.79. The minimum Gasteiger partial charge on any atom is -0.317 e. The second-order valence-electron chi connectivity index (χ2n) is 5.50. The summed E-state index contributed by atoms with van der Waals surface area (Å²) in [6.07, 6.45) is 6.80. The Morgan fingerprint density at radius 2 is 1.12 bits per heavy atom. The highest BCUT2D eigenvalue weighted by Crippen LogP contribution is 2.25. The van der Waals surface area contributed by atoms with E-state index in [2.05, 4.69) is 0 Å². The molecule has 0 aliphatic heterocycles. The van der Waals surface area contributed by atoms with E-state index in [1.807, 2.05) is 108 Å². The maximum Gasteiger partial charge on any atom is 0.180 e. The van der Waals surface area contributed by atoms with Gasteiger partial charge in [-0.2, -0.15) is 0 Å². The minimum absolute atomic E-state index is 0.0549. The zero-order chi connectivity index (χ0) is 17.3. The molecular weight excluding hydrogens is 306 g/mol. The molecule has 25 heavy (non-hydrogen) atoms. The van der Waals surface area contributed by atoms with Gasteiger partial charge < -0.3 is 4.90 Å². The molecule has 3 aromatic rings. The largest absolute Gasteiger partial charge is 0.317 e. The average molecular weight is 325 g/mol. The van der Waals surface area contributed by atoms with Crippen LogP contribution in [0.2, 0.25) is 0 Å². The number of para-hydroxylation sites is 2. The SMILES string of the molecule is O=C(/C=C/c1ccccc1)/C=C/N(c1ccccc1)c1ccccc1. The molecule has 0 aliphatic rings. The molecule has 0 N–H and O–H groups in total. The van der Waals surface area contributed by atoms with Crippen molar-refractivity contribution in [2.24, 2.45) is 0 Å². The van der Waals surface area contributed by atoms with Gasteiger partial charge in [-0.15, -0.1) is 0 Å². The molecule has 2 heteroatoms. The first-order valence-electron chi connectivity index (χ1n) is 8.17. The molecule has 0 fully saturated rings. The van der Waals surface area contributed by atoms with Crippen LogP contribution in [-0.2, 0) is 4.79 Å². The fraction of sp³-hybridized carbons (Fsp3) is 0. The molecule has 0 aliphatic carbocycles. The highest BCUT2D eigenvalue weighted by atomic mass is 16.1. The standard InChI is InChI=1S/C23H19NO/c25-23(17-16-20-10-4-1-5-11-20)18-19-24(21-12-6-2-7-13-21)22-14-8-3-9-15-22/h1-19H/b17-16+,19-18+. The van der Waals surface area contributed by atoms with Crippen LogP contribution < -0.4 is 4.90 Å². The Morgan fingerprint density at radius 3 is 1.64 bits per heavy atom. The topological polar surface area (TPSA) is 20.3 Å². The first-order valence-corrected chi connectivity index (χ1v) is 8.17. The van der Waals surface area contributed by atoms with E-state index in [-0.39, 0.29) is 5.78 Å². The van der Waals surface area contributed by atoms with E-state index in [1.165, 1.54) is 0 Å². The van der Waals surface area contributed by atoms with E-state index >= 15 is 0 Å². The van der Waals surface area contributed by atoms with Crippen molar-refractivity contribution in [2.45, 2.75) is 0 Å². The lowest BCUT2D eigenvalue weighted by molar-refractivity contribution is -0.110. The molecule has 0 aromatic heterocycles. The average Bonchev–Trinajstić information content (AvgIpc) is 2.69. The Kier molecular flexibility index (Phi) is 5.57. The third-order valence-electron chi connectivity index (χ3n) is 3.70. The number of carbonyl (C=O) groups is 1. The summed E-state index contributed by atoms with van der Waals surface area (Å²) in [5, 5.41) is 0. The van der Waals surface area contributed by atoms with Crippen molar-refractivity contribution in [1.82, 2.24) is 0 Å². The second kappa shape index (κ2) is 8.46. The van der Waals surface area contributed by atoms with Crippen LogP contribution in [0.15, 0.2) is 109 Å². The van der Waals surface area contributed by atoms with Crippen molar-refractivity contribution < 1.29 is 4.79 Å². The van der Waals surface area contributed by atoms with Crippen molar-refractivity contribution in [2.75, 3.05) is 4.90 Å². The van der Waals surface area contributed by atoms with Crippen molar-refractivity contribution in [1.29, 1.82) is 0 Å². The Bertz CT molecular complexity index is 813. The van der Waals surface area contributed by atoms with Crippen molar-refractivity contribution in [3.8, 4) is 0 Å². The Hall–Kier alpha value is -3.39. The van der Waals surface area contributed by atoms with Gasteiger partial charge in [0.2, 0.25) is 0 Å². The van der Waals surface area contributed by atoms with Crippen LogP contribution in [0.4, 0.5) is 11.4 Å². The number of carbonyl (C=O) groups excluding carboxylic acids is 1. The van der Waals surface area contributed by atoms with Crippen molar-refractivity contribution in [3.05, 3.63) is 115 Å². The fourth-order valence-corrected chi connectivity index (χ4v) is 2.44. The number of benzene rings is 3. The number of allylic oxidation sites excluding steroid dienone is 2. The predicted molar refractivity (Wildman–Crippen MR) is 105 cm³/mol. The zero-order valence-corrected chi connectivity index (χ0v) is 13.8. The lowest BCUT2D eigenvalue weighted by atomic mass is 10.2. The molecule has 0 heterocycles. The van der Waals surface area contributed by atoms with Gasteiger partial charge in [0, 0.05) is 23.7 Å². The summed E-state index contributed by atoms with van der Waals surface area (Å²) in [7, 11) is 0. The van der Waals surface area contributed by atoms with Gasteiger partial charge in [-0.05, 0) is 35.9 Å². The summed E-state index contributed by atoms with van der Waals surface area (Å²) < 4.78 is 0. The minimum atomic E-state index is -0.0549. The summed E-state index contributed by atoms with van der Waals surface area (Å²) in [5.74, 6) is -0.0549. The molecule has 2 nitrogen and oxygen atoms in total. The number of hydrogen-bond acceptors (Lipinski definition) is 2. The Balaban J connectivity index is 1.79. The summed E-state index contributed by atoms with van der Waals surface area (Å²) in [6, 6.07) is 29.7. The van der Waals surface area contributed by atoms with Crippen molar-refractivity contribution in [3.63, 3.8) is 0 Å². The molecule has 0 atom stereocenters. The van der Waals surface area contributed by atoms with Crippen LogP contribution in [0.25, 0.3) is 6.08 Å². The highest BCUT2D eigenvalue weighted by molar-refractivity contribution is 6.02. The number of ketones is 1. The fourth-order valence-electron chi connectivity index (χ4n) is 2.44. The van der Waals surface area contributed by atoms with Crippen LogP contribution in [0.3, 0.4) is 0 Å². The van der Waals surface area contributed by atoms with E-state index in [9.17, 15) is 4.79 Å². The molecule has 0 saturated carbocycles. The number of hydrogen-bond donors (Lipinski definition) is 0. The summed E-state index contributed by atoms with van der Waals surface area (Å²) in [6.45, 7) is 0. The molecule has 0 amide bonds. The third-order valence-corrected chi connectivity index (χ3v) is 3.70. The highest BCUT2D eigenvalue weighted by Gasteiger charge is 2.05. The molecule has 0 saturated heterocycles. The lowest BCUT2D eigenvalue weighted by Crippen LogP contribution is -2.08. The Labute approximate surface area is 148 Å². The van der Waals surface area contributed by atoms with Gasteiger partial charge in [-0.3, -0.25) is 4.79 Å². The molecule has 3 rings (SSSR count). The number of nitrogens with zero attached hydrogens (tertiary/aromatic N) is 1. The monoisotopic (exact) mass is 325 g/mol. The molecule has 0 spiro atoms. The molecule has 0 radical (unpaired) electrons. The molecule has 122 valence electrons. The molecule has 0 bridgehead atoms. The van der Waals surface area contributed by atoms with Gasteiger partial charge in [-0.25, -0.2) is 0 Å². The van der Waals surface area contributed by atoms with Crippen molar-refractivity contribution >= 4 is 23.2 Å². The van der Waals surface area contributed by atoms with Crippen LogP contribution in [0, 0.1) is 0 Å². The van der Waals surface area contributed by atoms with Gasteiger partial charge in [0.05, 0.1) is 0 Å². The number of anilines is 2. The molecule has 3 aromatic carbocycles. The second-order valence-corrected chi connectivity index (χ2v) is 5.50. The normalized spacial score (nSPS) is 11.0. The van der Waals surface area contributed by atoms with E-state index in [4.69, 9.17) is 0 Å². The Morgan fingerprint density at radius 1 is 0.640 bits per heavy atom. The first kappa shape index (κ1) is 16.5. The quantitative estimate of drug-likeness (QED) is 0.548. The van der Waals surface area contributed by atoms with E-state index in [0.29, 0.717) is 0 Å². The maximum absolute atomic E-state index is 12.2. The summed E-state index contributed by atoms with van der Waals surface area (Å²) >= 11 is 0. The zero-order valence-electron chi connectivity index (χ0n) is 13.8. The van der Waals surface area contributed by atoms with Crippen LogP contribution in [-0.4, -0.2) is 5.78 Å². The van der Waals surface area contributed by atoms with E-state index in [1.54, 1.807) is 12.2 Å². The summed E-state index contributed by atoms with van der Waals surface area (Å²) in [4.78, 5) is 14.2. The van der Waals surface area contributed by atoms with Gasteiger partial charge in [0.25, 0.3) is 0 Å². The first-order chi connectivity index (χ1) is 12.3. The smallest absolute Gasteiger partial charge is 0.180 e. The van der Waals surface area contributed by atoms with E-state index < -0.39 is 0 Å². The number of rotatable bonds is 6. The van der Waals surface area contributed by atoms with Gasteiger partial charge >= 0.3 is 0 Å².